The van der Waals surface area contributed by atoms with E-state index >= 15 is 0 Å². The van der Waals surface area contributed by atoms with Crippen LogP contribution in [0.1, 0.15) is 13.8 Å². The summed E-state index contributed by atoms with van der Waals surface area (Å²) in [6.45, 7) is 2.48. The maximum Gasteiger partial charge on any atom is 0.303 e. The fraction of sp³-hybridized carbons (Fsp3) is 0.545. The Balaban J connectivity index is 2.66. The van der Waals surface area contributed by atoms with Crippen LogP contribution in [0.3, 0.4) is 0 Å². The van der Waals surface area contributed by atoms with E-state index in [9.17, 15) is 9.59 Å². The first-order chi connectivity index (χ1) is 8.02. The van der Waals surface area contributed by atoms with E-state index in [2.05, 4.69) is 0 Å². The van der Waals surface area contributed by atoms with Crippen molar-refractivity contribution in [1.82, 2.24) is 0 Å². The van der Waals surface area contributed by atoms with Gasteiger partial charge in [-0.25, -0.2) is 0 Å². The molecule has 1 heterocycles. The minimum absolute atomic E-state index is 0.0597. The van der Waals surface area contributed by atoms with Crippen molar-refractivity contribution in [3.05, 3.63) is 12.2 Å². The Labute approximate surface area is 98.7 Å². The third kappa shape index (κ3) is 4.25. The van der Waals surface area contributed by atoms with E-state index in [1.54, 1.807) is 6.08 Å². The van der Waals surface area contributed by atoms with Crippen LogP contribution in [0.5, 0.6) is 0 Å². The molecule has 0 radical (unpaired) electrons. The van der Waals surface area contributed by atoms with Crippen LogP contribution in [0.4, 0.5) is 0 Å². The van der Waals surface area contributed by atoms with Crippen molar-refractivity contribution in [3.8, 4) is 6.07 Å². The maximum atomic E-state index is 10.9. The zero-order chi connectivity index (χ0) is 12.8. The lowest BCUT2D eigenvalue weighted by atomic mass is 10.1. The molecule has 1 aliphatic heterocycles. The summed E-state index contributed by atoms with van der Waals surface area (Å²) in [6.07, 6.45) is 1.04. The smallest absolute Gasteiger partial charge is 0.303 e. The molecule has 0 aromatic heterocycles. The Kier molecular flexibility index (Phi) is 4.67. The van der Waals surface area contributed by atoms with Gasteiger partial charge in [-0.2, -0.15) is 5.26 Å². The Morgan fingerprint density at radius 2 is 2.06 bits per heavy atom. The quantitative estimate of drug-likeness (QED) is 0.521. The van der Waals surface area contributed by atoms with E-state index in [1.807, 2.05) is 6.07 Å². The lowest BCUT2D eigenvalue weighted by molar-refractivity contribution is -0.161. The Morgan fingerprint density at radius 1 is 1.35 bits per heavy atom. The highest BCUT2D eigenvalue weighted by atomic mass is 16.6. The molecule has 6 nitrogen and oxygen atoms in total. The number of hydrogen-bond acceptors (Lipinski definition) is 6. The number of hydrogen-bond donors (Lipinski definition) is 0. The molecule has 0 fully saturated rings. The van der Waals surface area contributed by atoms with Gasteiger partial charge in [-0.05, 0) is 12.2 Å². The van der Waals surface area contributed by atoms with E-state index in [4.69, 9.17) is 19.5 Å². The molecule has 1 rings (SSSR count). The largest absolute Gasteiger partial charge is 0.463 e. The van der Waals surface area contributed by atoms with Gasteiger partial charge in [-0.1, -0.05) is 0 Å². The van der Waals surface area contributed by atoms with Gasteiger partial charge < -0.3 is 14.2 Å². The van der Waals surface area contributed by atoms with E-state index < -0.39 is 30.3 Å². The van der Waals surface area contributed by atoms with E-state index in [-0.39, 0.29) is 6.61 Å². The van der Waals surface area contributed by atoms with Crippen molar-refractivity contribution < 1.29 is 23.8 Å². The number of carbonyl (C=O) groups excluding carboxylic acids is 2. The van der Waals surface area contributed by atoms with E-state index in [0.717, 1.165) is 0 Å². The third-order valence-electron chi connectivity index (χ3n) is 2.04. The average molecular weight is 239 g/mol. The first-order valence-corrected chi connectivity index (χ1v) is 5.07. The molecule has 1 unspecified atom stereocenters. The molecule has 0 aromatic rings. The van der Waals surface area contributed by atoms with Crippen LogP contribution in [0, 0.1) is 11.3 Å². The molecule has 0 N–H and O–H groups in total. The molecule has 1 aliphatic rings. The van der Waals surface area contributed by atoms with Crippen LogP contribution in [0.2, 0.25) is 0 Å². The maximum absolute atomic E-state index is 10.9. The number of carbonyl (C=O) groups is 2. The predicted molar refractivity (Wildman–Crippen MR) is 55.6 cm³/mol. The SMILES string of the molecule is CC(=O)OC[C@H]1OC(C#N)C=C[C@@H]1OC(C)=O. The molecular weight excluding hydrogens is 226 g/mol. The number of rotatable bonds is 3. The van der Waals surface area contributed by atoms with Gasteiger partial charge in [0.25, 0.3) is 0 Å². The summed E-state index contributed by atoms with van der Waals surface area (Å²) in [6, 6.07) is 1.91. The van der Waals surface area contributed by atoms with Gasteiger partial charge in [0.1, 0.15) is 18.8 Å². The molecule has 0 saturated carbocycles. The van der Waals surface area contributed by atoms with Crippen LogP contribution < -0.4 is 0 Å². The van der Waals surface area contributed by atoms with Gasteiger partial charge >= 0.3 is 11.9 Å². The zero-order valence-corrected chi connectivity index (χ0v) is 9.58. The van der Waals surface area contributed by atoms with Crippen molar-refractivity contribution in [3.63, 3.8) is 0 Å². The molecular formula is C11H13NO5. The first kappa shape index (κ1) is 13.2. The molecule has 0 saturated heterocycles. The van der Waals surface area contributed by atoms with Crippen molar-refractivity contribution in [2.24, 2.45) is 0 Å². The second-order valence-corrected chi connectivity index (χ2v) is 3.49. The standard InChI is InChI=1S/C11H13NO5/c1-7(13)15-6-11-10(16-8(2)14)4-3-9(5-12)17-11/h3-4,9-11H,6H2,1-2H3/t9?,10-,11+/m0/s1. The Morgan fingerprint density at radius 3 is 2.59 bits per heavy atom. The molecule has 17 heavy (non-hydrogen) atoms. The normalized spacial score (nSPS) is 27.0. The van der Waals surface area contributed by atoms with Gasteiger partial charge in [-0.15, -0.1) is 0 Å². The minimum atomic E-state index is -0.720. The lowest BCUT2D eigenvalue weighted by Gasteiger charge is -2.28. The van der Waals surface area contributed by atoms with Crippen molar-refractivity contribution in [1.29, 1.82) is 5.26 Å². The molecule has 3 atom stereocenters. The summed E-state index contributed by atoms with van der Waals surface area (Å²) in [7, 11) is 0. The van der Waals surface area contributed by atoms with E-state index in [0.29, 0.717) is 0 Å². The summed E-state index contributed by atoms with van der Waals surface area (Å²) in [5.41, 5.74) is 0. The van der Waals surface area contributed by atoms with Crippen LogP contribution in [-0.4, -0.2) is 36.9 Å². The molecule has 0 aromatic carbocycles. The van der Waals surface area contributed by atoms with Crippen LogP contribution in [0.15, 0.2) is 12.2 Å². The van der Waals surface area contributed by atoms with Crippen molar-refractivity contribution >= 4 is 11.9 Å². The second kappa shape index (κ2) is 6.01. The Hall–Kier alpha value is -1.87. The highest BCUT2D eigenvalue weighted by Crippen LogP contribution is 2.16. The average Bonchev–Trinajstić information content (AvgIpc) is 2.27. The fourth-order valence-corrected chi connectivity index (χ4v) is 1.36. The number of nitriles is 1. The summed E-state index contributed by atoms with van der Waals surface area (Å²) in [4.78, 5) is 21.6. The number of esters is 2. The topological polar surface area (TPSA) is 85.6 Å². The minimum Gasteiger partial charge on any atom is -0.463 e. The first-order valence-electron chi connectivity index (χ1n) is 5.07. The molecule has 0 bridgehead atoms. The second-order valence-electron chi connectivity index (χ2n) is 3.49. The van der Waals surface area contributed by atoms with Crippen LogP contribution >= 0.6 is 0 Å². The zero-order valence-electron chi connectivity index (χ0n) is 9.58. The monoisotopic (exact) mass is 239 g/mol. The highest BCUT2D eigenvalue weighted by Gasteiger charge is 2.30. The van der Waals surface area contributed by atoms with Crippen LogP contribution in [0.25, 0.3) is 0 Å². The Bertz CT molecular complexity index is 371. The molecule has 6 heteroatoms. The molecule has 0 amide bonds. The van der Waals surface area contributed by atoms with E-state index in [1.165, 1.54) is 19.9 Å². The molecule has 0 aliphatic carbocycles. The summed E-state index contributed by atoms with van der Waals surface area (Å²) in [5, 5.41) is 8.71. The summed E-state index contributed by atoms with van der Waals surface area (Å²) in [5.74, 6) is -0.926. The van der Waals surface area contributed by atoms with Gasteiger partial charge in [0.15, 0.2) is 6.10 Å². The molecule has 92 valence electrons. The van der Waals surface area contributed by atoms with Crippen molar-refractivity contribution in [2.75, 3.05) is 6.61 Å². The number of ether oxygens (including phenoxy) is 3. The van der Waals surface area contributed by atoms with Gasteiger partial charge in [-0.3, -0.25) is 9.59 Å². The highest BCUT2D eigenvalue weighted by molar-refractivity contribution is 5.66. The third-order valence-corrected chi connectivity index (χ3v) is 2.04. The van der Waals surface area contributed by atoms with Gasteiger partial charge in [0, 0.05) is 13.8 Å². The summed E-state index contributed by atoms with van der Waals surface area (Å²) >= 11 is 0. The lowest BCUT2D eigenvalue weighted by Crippen LogP contribution is -2.41. The summed E-state index contributed by atoms with van der Waals surface area (Å²) < 4.78 is 15.1. The van der Waals surface area contributed by atoms with Gasteiger partial charge in [0.05, 0.1) is 6.07 Å². The molecule has 0 spiro atoms. The van der Waals surface area contributed by atoms with Gasteiger partial charge in [0.2, 0.25) is 0 Å². The van der Waals surface area contributed by atoms with Crippen LogP contribution in [-0.2, 0) is 23.8 Å². The predicted octanol–water partition coefficient (Wildman–Crippen LogP) is 0.328. The van der Waals surface area contributed by atoms with Crippen molar-refractivity contribution in [2.45, 2.75) is 32.2 Å². The fourth-order valence-electron chi connectivity index (χ4n) is 1.36. The number of nitrogens with zero attached hydrogens (tertiary/aromatic N) is 1.